The van der Waals surface area contributed by atoms with Gasteiger partial charge in [-0.2, -0.15) is 5.10 Å². The number of carboxylic acids is 1. The molecule has 27 heavy (non-hydrogen) atoms. The average Bonchev–Trinajstić information content (AvgIpc) is 3.17. The summed E-state index contributed by atoms with van der Waals surface area (Å²) in [5.74, 6) is -1.25. The summed E-state index contributed by atoms with van der Waals surface area (Å²) in [6.45, 7) is 7.64. The lowest BCUT2D eigenvalue weighted by Gasteiger charge is -2.33. The highest BCUT2D eigenvalue weighted by Gasteiger charge is 2.35. The van der Waals surface area contributed by atoms with Crippen molar-refractivity contribution in [2.24, 2.45) is 5.92 Å². The quantitative estimate of drug-likeness (QED) is 0.818. The minimum Gasteiger partial charge on any atom is -0.481 e. The maximum Gasteiger partial charge on any atom is 0.305 e. The molecule has 2 N–H and O–H groups in total. The van der Waals surface area contributed by atoms with Crippen LogP contribution in [-0.4, -0.2) is 32.3 Å². The standard InChI is InChI=1S/C21H27N3O3/c1-13(2)21(4,12-18(25)26)22-20(27)19-16-6-5-7-17(16)24(23-19)15-10-8-14(3)9-11-15/h8-11,13H,5-7,12H2,1-4H3,(H,22,27)(H,25,26). The molecule has 0 fully saturated rings. The molecular formula is C21H27N3O3. The highest BCUT2D eigenvalue weighted by molar-refractivity contribution is 5.95. The monoisotopic (exact) mass is 369 g/mol. The van der Waals surface area contributed by atoms with Crippen LogP contribution in [-0.2, 0) is 17.6 Å². The van der Waals surface area contributed by atoms with Gasteiger partial charge in [0, 0.05) is 11.3 Å². The van der Waals surface area contributed by atoms with E-state index in [2.05, 4.69) is 10.4 Å². The van der Waals surface area contributed by atoms with E-state index in [1.54, 1.807) is 6.92 Å². The molecule has 1 aliphatic rings. The second-order valence-corrected chi connectivity index (χ2v) is 7.97. The molecule has 1 atom stereocenters. The van der Waals surface area contributed by atoms with Crippen LogP contribution < -0.4 is 5.32 Å². The van der Waals surface area contributed by atoms with Crippen LogP contribution in [0.2, 0.25) is 0 Å². The summed E-state index contributed by atoms with van der Waals surface area (Å²) < 4.78 is 1.86. The average molecular weight is 369 g/mol. The highest BCUT2D eigenvalue weighted by Crippen LogP contribution is 2.29. The molecular weight excluding hydrogens is 342 g/mol. The molecule has 3 rings (SSSR count). The van der Waals surface area contributed by atoms with Gasteiger partial charge >= 0.3 is 5.97 Å². The van der Waals surface area contributed by atoms with Crippen LogP contribution in [0.4, 0.5) is 0 Å². The number of hydrogen-bond acceptors (Lipinski definition) is 3. The first-order chi connectivity index (χ1) is 12.7. The number of fused-ring (bicyclic) bond motifs is 1. The second-order valence-electron chi connectivity index (χ2n) is 7.97. The third-order valence-corrected chi connectivity index (χ3v) is 5.62. The topological polar surface area (TPSA) is 84.2 Å². The first-order valence-corrected chi connectivity index (χ1v) is 9.43. The number of rotatable bonds is 6. The second kappa shape index (κ2) is 7.18. The maximum absolute atomic E-state index is 13.0. The first kappa shape index (κ1) is 19.1. The van der Waals surface area contributed by atoms with Crippen LogP contribution in [0.5, 0.6) is 0 Å². The van der Waals surface area contributed by atoms with Crippen molar-refractivity contribution >= 4 is 11.9 Å². The molecule has 0 spiro atoms. The number of nitrogens with one attached hydrogen (secondary N) is 1. The van der Waals surface area contributed by atoms with E-state index in [1.165, 1.54) is 5.56 Å². The SMILES string of the molecule is Cc1ccc(-n2nc(C(=O)NC(C)(CC(=O)O)C(C)C)c3c2CCC3)cc1. The van der Waals surface area contributed by atoms with Gasteiger partial charge < -0.3 is 10.4 Å². The van der Waals surface area contributed by atoms with Gasteiger partial charge in [-0.15, -0.1) is 0 Å². The zero-order valence-corrected chi connectivity index (χ0v) is 16.4. The number of hydrogen-bond donors (Lipinski definition) is 2. The van der Waals surface area contributed by atoms with Crippen LogP contribution >= 0.6 is 0 Å². The number of carbonyl (C=O) groups excluding carboxylic acids is 1. The van der Waals surface area contributed by atoms with Gasteiger partial charge in [-0.25, -0.2) is 4.68 Å². The molecule has 1 aromatic heterocycles. The third-order valence-electron chi connectivity index (χ3n) is 5.62. The lowest BCUT2D eigenvalue weighted by Crippen LogP contribution is -2.51. The van der Waals surface area contributed by atoms with Crippen molar-refractivity contribution in [1.82, 2.24) is 15.1 Å². The summed E-state index contributed by atoms with van der Waals surface area (Å²) in [7, 11) is 0. The lowest BCUT2D eigenvalue weighted by atomic mass is 9.85. The van der Waals surface area contributed by atoms with Gasteiger partial charge in [0.05, 0.1) is 17.6 Å². The third kappa shape index (κ3) is 3.75. The molecule has 6 nitrogen and oxygen atoms in total. The van der Waals surface area contributed by atoms with Crippen molar-refractivity contribution in [2.75, 3.05) is 0 Å². The normalized spacial score (nSPS) is 15.4. The Morgan fingerprint density at radius 2 is 1.93 bits per heavy atom. The first-order valence-electron chi connectivity index (χ1n) is 9.43. The molecule has 1 aliphatic carbocycles. The summed E-state index contributed by atoms with van der Waals surface area (Å²) in [6, 6.07) is 8.07. The fourth-order valence-corrected chi connectivity index (χ4v) is 3.54. The summed E-state index contributed by atoms with van der Waals surface area (Å²) in [5.41, 5.74) is 3.75. The number of aryl methyl sites for hydroxylation is 1. The van der Waals surface area contributed by atoms with Gasteiger partial charge in [0.2, 0.25) is 0 Å². The molecule has 6 heteroatoms. The molecule has 0 radical (unpaired) electrons. The van der Waals surface area contributed by atoms with Crippen molar-refractivity contribution < 1.29 is 14.7 Å². The van der Waals surface area contributed by atoms with E-state index in [9.17, 15) is 14.7 Å². The fraction of sp³-hybridized carbons (Fsp3) is 0.476. The molecule has 2 aromatic rings. The molecule has 0 aliphatic heterocycles. The fourth-order valence-electron chi connectivity index (χ4n) is 3.54. The molecule has 0 saturated heterocycles. The van der Waals surface area contributed by atoms with Gasteiger partial charge in [0.25, 0.3) is 5.91 Å². The van der Waals surface area contributed by atoms with Gasteiger partial charge in [-0.1, -0.05) is 31.5 Å². The van der Waals surface area contributed by atoms with Crippen molar-refractivity contribution in [3.63, 3.8) is 0 Å². The zero-order valence-electron chi connectivity index (χ0n) is 16.4. The number of aliphatic carboxylic acids is 1. The lowest BCUT2D eigenvalue weighted by molar-refractivity contribution is -0.138. The molecule has 1 aromatic carbocycles. The number of carbonyl (C=O) groups is 2. The van der Waals surface area contributed by atoms with Crippen molar-refractivity contribution in [3.8, 4) is 5.69 Å². The van der Waals surface area contributed by atoms with Crippen molar-refractivity contribution in [1.29, 1.82) is 0 Å². The molecule has 1 amide bonds. The predicted octanol–water partition coefficient (Wildman–Crippen LogP) is 3.29. The van der Waals surface area contributed by atoms with Crippen LogP contribution in [0.15, 0.2) is 24.3 Å². The van der Waals surface area contributed by atoms with Gasteiger partial charge in [-0.3, -0.25) is 9.59 Å². The Morgan fingerprint density at radius 1 is 1.26 bits per heavy atom. The van der Waals surface area contributed by atoms with Crippen LogP contribution in [0.3, 0.4) is 0 Å². The molecule has 0 bridgehead atoms. The van der Waals surface area contributed by atoms with Crippen molar-refractivity contribution in [3.05, 3.63) is 46.8 Å². The Labute approximate surface area is 159 Å². The van der Waals surface area contributed by atoms with Gasteiger partial charge in [0.15, 0.2) is 5.69 Å². The Morgan fingerprint density at radius 3 is 2.52 bits per heavy atom. The molecule has 1 heterocycles. The van der Waals surface area contributed by atoms with E-state index in [4.69, 9.17) is 0 Å². The number of aromatic nitrogens is 2. The van der Waals surface area contributed by atoms with E-state index in [0.29, 0.717) is 5.69 Å². The Balaban J connectivity index is 1.95. The summed E-state index contributed by atoms with van der Waals surface area (Å²) in [4.78, 5) is 24.3. The molecule has 144 valence electrons. The Kier molecular flexibility index (Phi) is 5.09. The summed E-state index contributed by atoms with van der Waals surface area (Å²) in [6.07, 6.45) is 2.58. The Bertz CT molecular complexity index is 868. The van der Waals surface area contributed by atoms with E-state index in [1.807, 2.05) is 49.7 Å². The minimum absolute atomic E-state index is 0.0233. The van der Waals surface area contributed by atoms with Crippen LogP contribution in [0, 0.1) is 12.8 Å². The predicted molar refractivity (Wildman–Crippen MR) is 103 cm³/mol. The maximum atomic E-state index is 13.0. The van der Waals surface area contributed by atoms with E-state index in [-0.39, 0.29) is 18.2 Å². The van der Waals surface area contributed by atoms with Crippen LogP contribution in [0.25, 0.3) is 5.69 Å². The zero-order chi connectivity index (χ0) is 19.8. The number of nitrogens with zero attached hydrogens (tertiary/aromatic N) is 2. The van der Waals surface area contributed by atoms with Gasteiger partial charge in [0.1, 0.15) is 0 Å². The largest absolute Gasteiger partial charge is 0.481 e. The van der Waals surface area contributed by atoms with Crippen LogP contribution in [0.1, 0.15) is 60.9 Å². The number of benzene rings is 1. The molecule has 1 unspecified atom stereocenters. The van der Waals surface area contributed by atoms with E-state index in [0.717, 1.165) is 36.2 Å². The van der Waals surface area contributed by atoms with E-state index < -0.39 is 11.5 Å². The minimum atomic E-state index is -0.929. The van der Waals surface area contributed by atoms with E-state index >= 15 is 0 Å². The summed E-state index contributed by atoms with van der Waals surface area (Å²) >= 11 is 0. The molecule has 0 saturated carbocycles. The number of carboxylic acid groups (broad SMARTS) is 1. The Hall–Kier alpha value is -2.63. The summed E-state index contributed by atoms with van der Waals surface area (Å²) in [5, 5.41) is 16.8. The number of amides is 1. The van der Waals surface area contributed by atoms with Crippen molar-refractivity contribution in [2.45, 2.75) is 58.9 Å². The highest BCUT2D eigenvalue weighted by atomic mass is 16.4. The smallest absolute Gasteiger partial charge is 0.305 e. The van der Waals surface area contributed by atoms with Gasteiger partial charge in [-0.05, 0) is 51.2 Å².